The molecule has 13 heavy (non-hydrogen) atoms. The Morgan fingerprint density at radius 3 is 2.23 bits per heavy atom. The summed E-state index contributed by atoms with van der Waals surface area (Å²) in [7, 11) is 0. The van der Waals surface area contributed by atoms with Gasteiger partial charge in [0.05, 0.1) is 0 Å². The normalized spacial score (nSPS) is 15.7. The van der Waals surface area contributed by atoms with Crippen molar-refractivity contribution in [2.24, 2.45) is 11.1 Å². The van der Waals surface area contributed by atoms with Crippen molar-refractivity contribution in [2.75, 3.05) is 0 Å². The van der Waals surface area contributed by atoms with Crippen LogP contribution in [0, 0.1) is 5.41 Å². The van der Waals surface area contributed by atoms with Crippen LogP contribution in [-0.2, 0) is 0 Å². The molecule has 1 nitrogen and oxygen atoms in total. The van der Waals surface area contributed by atoms with Gasteiger partial charge in [-0.05, 0) is 31.3 Å². The fourth-order valence-corrected chi connectivity index (χ4v) is 1.08. The van der Waals surface area contributed by atoms with Gasteiger partial charge in [-0.25, -0.2) is 0 Å². The topological polar surface area (TPSA) is 26.0 Å². The first-order valence-corrected chi connectivity index (χ1v) is 4.85. The Morgan fingerprint density at radius 1 is 1.46 bits per heavy atom. The Hall–Kier alpha value is -0.560. The molecule has 1 atom stereocenters. The van der Waals surface area contributed by atoms with Crippen LogP contribution >= 0.6 is 0 Å². The maximum atomic E-state index is 5.71. The van der Waals surface area contributed by atoms with E-state index in [0.29, 0.717) is 0 Å². The highest BCUT2D eigenvalue weighted by molar-refractivity contribution is 5.24. The van der Waals surface area contributed by atoms with Gasteiger partial charge in [0.25, 0.3) is 0 Å². The summed E-state index contributed by atoms with van der Waals surface area (Å²) in [4.78, 5) is 0. The van der Waals surface area contributed by atoms with Crippen LogP contribution in [-0.4, -0.2) is 6.04 Å². The second kappa shape index (κ2) is 4.61. The molecule has 0 aliphatic heterocycles. The summed E-state index contributed by atoms with van der Waals surface area (Å²) in [6, 6.07) is 0.240. The van der Waals surface area contributed by atoms with E-state index in [4.69, 9.17) is 5.73 Å². The molecule has 0 saturated carbocycles. The van der Waals surface area contributed by atoms with Crippen molar-refractivity contribution in [3.05, 3.63) is 23.8 Å². The zero-order valence-electron chi connectivity index (χ0n) is 9.65. The minimum Gasteiger partial charge on any atom is -0.328 e. The third-order valence-electron chi connectivity index (χ3n) is 2.03. The highest BCUT2D eigenvalue weighted by Crippen LogP contribution is 2.25. The first-order valence-electron chi connectivity index (χ1n) is 4.85. The van der Waals surface area contributed by atoms with Gasteiger partial charge >= 0.3 is 0 Å². The highest BCUT2D eigenvalue weighted by Gasteiger charge is 2.12. The fourth-order valence-electron chi connectivity index (χ4n) is 1.08. The van der Waals surface area contributed by atoms with Crippen LogP contribution in [0.1, 0.15) is 41.0 Å². The number of rotatable bonds is 3. The van der Waals surface area contributed by atoms with Crippen molar-refractivity contribution in [3.8, 4) is 0 Å². The molecule has 0 rings (SSSR count). The van der Waals surface area contributed by atoms with Gasteiger partial charge < -0.3 is 5.73 Å². The molecule has 0 amide bonds. The lowest BCUT2D eigenvalue weighted by Crippen LogP contribution is -2.15. The SMILES string of the molecule is C=C(/C=C(\C)CC(C)N)C(C)(C)C. The van der Waals surface area contributed by atoms with E-state index in [2.05, 4.69) is 40.3 Å². The van der Waals surface area contributed by atoms with Crippen LogP contribution in [0.25, 0.3) is 0 Å². The number of allylic oxidation sites excluding steroid dienone is 2. The quantitative estimate of drug-likeness (QED) is 0.664. The molecule has 1 heteroatoms. The first kappa shape index (κ1) is 12.4. The molecule has 0 aromatic carbocycles. The lowest BCUT2D eigenvalue weighted by Gasteiger charge is -2.20. The first-order chi connectivity index (χ1) is 5.73. The molecule has 0 aliphatic carbocycles. The Labute approximate surface area is 82.7 Å². The van der Waals surface area contributed by atoms with Crippen LogP contribution in [0.3, 0.4) is 0 Å². The summed E-state index contributed by atoms with van der Waals surface area (Å²) in [6.45, 7) is 14.7. The van der Waals surface area contributed by atoms with Crippen molar-refractivity contribution in [1.82, 2.24) is 0 Å². The van der Waals surface area contributed by atoms with E-state index in [0.717, 1.165) is 6.42 Å². The molecule has 0 aliphatic rings. The molecule has 0 heterocycles. The van der Waals surface area contributed by atoms with Crippen LogP contribution in [0.4, 0.5) is 0 Å². The van der Waals surface area contributed by atoms with Gasteiger partial charge in [-0.15, -0.1) is 0 Å². The smallest absolute Gasteiger partial charge is 0.00476 e. The summed E-state index contributed by atoms with van der Waals surface area (Å²) in [5.41, 5.74) is 8.36. The van der Waals surface area contributed by atoms with E-state index < -0.39 is 0 Å². The average molecular weight is 181 g/mol. The van der Waals surface area contributed by atoms with Gasteiger partial charge in [0.1, 0.15) is 0 Å². The third-order valence-corrected chi connectivity index (χ3v) is 2.03. The maximum absolute atomic E-state index is 5.71. The lowest BCUT2D eigenvalue weighted by atomic mass is 9.86. The van der Waals surface area contributed by atoms with Crippen LogP contribution in [0.2, 0.25) is 0 Å². The average Bonchev–Trinajstić information content (AvgIpc) is 1.82. The predicted octanol–water partition coefficient (Wildman–Crippen LogP) is 3.27. The van der Waals surface area contributed by atoms with Crippen molar-refractivity contribution in [2.45, 2.75) is 47.1 Å². The van der Waals surface area contributed by atoms with Crippen LogP contribution < -0.4 is 5.73 Å². The largest absolute Gasteiger partial charge is 0.328 e. The Kier molecular flexibility index (Phi) is 4.41. The lowest BCUT2D eigenvalue weighted by molar-refractivity contribution is 0.517. The molecule has 0 bridgehead atoms. The standard InChI is InChI=1S/C12H23N/c1-9(8-11(3)13)7-10(2)12(4,5)6/h7,11H,2,8,13H2,1,3-6H3/b9-7+. The summed E-state index contributed by atoms with van der Waals surface area (Å²) >= 11 is 0. The molecule has 0 aromatic heterocycles. The molecule has 0 fully saturated rings. The molecule has 0 spiro atoms. The second-order valence-electron chi connectivity index (χ2n) is 4.95. The highest BCUT2D eigenvalue weighted by atomic mass is 14.6. The minimum atomic E-state index is 0.166. The molecule has 0 saturated heterocycles. The van der Waals surface area contributed by atoms with E-state index in [1.54, 1.807) is 0 Å². The predicted molar refractivity (Wildman–Crippen MR) is 60.6 cm³/mol. The summed E-state index contributed by atoms with van der Waals surface area (Å²) in [5.74, 6) is 0. The van der Waals surface area contributed by atoms with Gasteiger partial charge in [0, 0.05) is 6.04 Å². The summed E-state index contributed by atoms with van der Waals surface area (Å²) in [6.07, 6.45) is 3.11. The van der Waals surface area contributed by atoms with Crippen molar-refractivity contribution in [3.63, 3.8) is 0 Å². The molecule has 1 unspecified atom stereocenters. The van der Waals surface area contributed by atoms with Gasteiger partial charge in [-0.3, -0.25) is 0 Å². The molecule has 2 N–H and O–H groups in total. The van der Waals surface area contributed by atoms with E-state index in [9.17, 15) is 0 Å². The fraction of sp³-hybridized carbons (Fsp3) is 0.667. The second-order valence-corrected chi connectivity index (χ2v) is 4.95. The summed E-state index contributed by atoms with van der Waals surface area (Å²) < 4.78 is 0. The van der Waals surface area contributed by atoms with Crippen molar-refractivity contribution >= 4 is 0 Å². The third kappa shape index (κ3) is 5.64. The maximum Gasteiger partial charge on any atom is 0.00476 e. The van der Waals surface area contributed by atoms with Gasteiger partial charge in [0.15, 0.2) is 0 Å². The van der Waals surface area contributed by atoms with Gasteiger partial charge in [0.2, 0.25) is 0 Å². The van der Waals surface area contributed by atoms with Gasteiger partial charge in [-0.2, -0.15) is 0 Å². The summed E-state index contributed by atoms with van der Waals surface area (Å²) in [5, 5.41) is 0. The molecule has 76 valence electrons. The number of nitrogens with two attached hydrogens (primary N) is 1. The van der Waals surface area contributed by atoms with E-state index in [-0.39, 0.29) is 11.5 Å². The zero-order chi connectivity index (χ0) is 10.6. The van der Waals surface area contributed by atoms with Crippen molar-refractivity contribution < 1.29 is 0 Å². The van der Waals surface area contributed by atoms with Crippen LogP contribution in [0.5, 0.6) is 0 Å². The van der Waals surface area contributed by atoms with Crippen LogP contribution in [0.15, 0.2) is 23.8 Å². The van der Waals surface area contributed by atoms with Crippen molar-refractivity contribution in [1.29, 1.82) is 0 Å². The van der Waals surface area contributed by atoms with E-state index in [1.807, 2.05) is 6.92 Å². The molecule has 0 radical (unpaired) electrons. The zero-order valence-corrected chi connectivity index (χ0v) is 9.65. The molecular formula is C12H23N. The Bertz CT molecular complexity index is 204. The van der Waals surface area contributed by atoms with E-state index >= 15 is 0 Å². The van der Waals surface area contributed by atoms with Gasteiger partial charge in [-0.1, -0.05) is 39.0 Å². The number of hydrogen-bond acceptors (Lipinski definition) is 1. The Morgan fingerprint density at radius 2 is 1.92 bits per heavy atom. The minimum absolute atomic E-state index is 0.166. The number of hydrogen-bond donors (Lipinski definition) is 1. The van der Waals surface area contributed by atoms with E-state index in [1.165, 1.54) is 11.1 Å². The Balaban J connectivity index is 4.32. The molecule has 0 aromatic rings. The monoisotopic (exact) mass is 181 g/mol. The molecular weight excluding hydrogens is 158 g/mol.